The molecule has 0 N–H and O–H groups in total. The topological polar surface area (TPSA) is 49.4 Å². The highest BCUT2D eigenvalue weighted by Crippen LogP contribution is 2.37. The van der Waals surface area contributed by atoms with E-state index in [0.717, 1.165) is 6.42 Å². The molecule has 0 saturated carbocycles. The second-order valence-electron chi connectivity index (χ2n) is 8.03. The van der Waals surface area contributed by atoms with E-state index in [0.29, 0.717) is 11.5 Å². The lowest BCUT2D eigenvalue weighted by atomic mass is 9.72. The molecule has 2 rings (SSSR count). The van der Waals surface area contributed by atoms with Crippen molar-refractivity contribution in [3.63, 3.8) is 0 Å². The molecule has 24 heavy (non-hydrogen) atoms. The van der Waals surface area contributed by atoms with Crippen LogP contribution in [0.4, 0.5) is 0 Å². The van der Waals surface area contributed by atoms with Gasteiger partial charge in [0.15, 0.2) is 0 Å². The maximum atomic E-state index is 11.1. The van der Waals surface area contributed by atoms with Gasteiger partial charge in [-0.1, -0.05) is 58.9 Å². The predicted octanol–water partition coefficient (Wildman–Crippen LogP) is 4.56. The first kappa shape index (κ1) is 18.1. The van der Waals surface area contributed by atoms with Gasteiger partial charge in [0.05, 0.1) is 5.97 Å². The van der Waals surface area contributed by atoms with Crippen LogP contribution in [-0.4, -0.2) is 5.97 Å². The van der Waals surface area contributed by atoms with Gasteiger partial charge in [0, 0.05) is 5.56 Å². The minimum atomic E-state index is -1.24. The third kappa shape index (κ3) is 4.60. The van der Waals surface area contributed by atoms with Crippen molar-refractivity contribution >= 4 is 5.97 Å². The van der Waals surface area contributed by atoms with Crippen LogP contribution in [-0.2, 0) is 5.41 Å². The first-order chi connectivity index (χ1) is 11.1. The van der Waals surface area contributed by atoms with Gasteiger partial charge in [-0.2, -0.15) is 0 Å². The maximum Gasteiger partial charge on any atom is 0.136 e. The van der Waals surface area contributed by atoms with Crippen LogP contribution in [0.1, 0.15) is 57.0 Å². The first-order valence-electron chi connectivity index (χ1n) is 8.17. The average Bonchev–Trinajstić information content (AvgIpc) is 2.45. The van der Waals surface area contributed by atoms with Crippen molar-refractivity contribution in [1.29, 1.82) is 0 Å². The van der Waals surface area contributed by atoms with E-state index < -0.39 is 5.97 Å². The van der Waals surface area contributed by atoms with Gasteiger partial charge in [0.25, 0.3) is 0 Å². The Morgan fingerprint density at radius 1 is 0.958 bits per heavy atom. The number of rotatable bonds is 5. The molecule has 0 radical (unpaired) electrons. The minimum absolute atomic E-state index is 0.0506. The second-order valence-corrected chi connectivity index (χ2v) is 8.03. The van der Waals surface area contributed by atoms with Crippen molar-refractivity contribution in [3.8, 4) is 11.5 Å². The molecule has 0 heterocycles. The molecule has 0 aliphatic rings. The third-order valence-electron chi connectivity index (χ3n) is 3.94. The van der Waals surface area contributed by atoms with Gasteiger partial charge >= 0.3 is 0 Å². The number of hydrogen-bond acceptors (Lipinski definition) is 3. The number of carboxylic acid groups (broad SMARTS) is 1. The van der Waals surface area contributed by atoms with Gasteiger partial charge in [-0.05, 0) is 47.1 Å². The number of carbonyl (C=O) groups excluding carboxylic acids is 1. The summed E-state index contributed by atoms with van der Waals surface area (Å²) in [5, 5.41) is 11.1. The Morgan fingerprint density at radius 2 is 1.54 bits per heavy atom. The number of aromatic carboxylic acids is 1. The molecule has 128 valence electrons. The highest BCUT2D eigenvalue weighted by atomic mass is 16.5. The van der Waals surface area contributed by atoms with Crippen LogP contribution in [0.3, 0.4) is 0 Å². The van der Waals surface area contributed by atoms with Gasteiger partial charge in [0.1, 0.15) is 11.5 Å². The number of carboxylic acids is 1. The Hall–Kier alpha value is -2.29. The van der Waals surface area contributed by atoms with Gasteiger partial charge < -0.3 is 14.6 Å². The standard InChI is InChI=1S/C21H26O3/c1-20(2,3)14-21(4,5)15-10-12-16(13-11-15)24-18-9-7-6-8-17(18)19(22)23/h6-13H,14H2,1-5H3,(H,22,23)/p-1. The summed E-state index contributed by atoms with van der Waals surface area (Å²) in [6.07, 6.45) is 1.06. The third-order valence-corrected chi connectivity index (χ3v) is 3.94. The normalized spacial score (nSPS) is 12.0. The van der Waals surface area contributed by atoms with E-state index >= 15 is 0 Å². The molecule has 2 aromatic carbocycles. The molecule has 0 unspecified atom stereocenters. The molecule has 0 atom stereocenters. The Labute approximate surface area is 144 Å². The number of carbonyl (C=O) groups is 1. The van der Waals surface area contributed by atoms with Gasteiger partial charge in [-0.25, -0.2) is 0 Å². The lowest BCUT2D eigenvalue weighted by Crippen LogP contribution is -2.24. The maximum absolute atomic E-state index is 11.1. The quantitative estimate of drug-likeness (QED) is 0.810. The van der Waals surface area contributed by atoms with Crippen LogP contribution >= 0.6 is 0 Å². The fraction of sp³-hybridized carbons (Fsp3) is 0.381. The summed E-state index contributed by atoms with van der Waals surface area (Å²) in [6.45, 7) is 11.2. The molecule has 2 aromatic rings. The van der Waals surface area contributed by atoms with Crippen molar-refractivity contribution in [1.82, 2.24) is 0 Å². The van der Waals surface area contributed by atoms with Crippen LogP contribution in [0, 0.1) is 5.41 Å². The summed E-state index contributed by atoms with van der Waals surface area (Å²) in [5.74, 6) is -0.341. The molecule has 0 spiro atoms. The van der Waals surface area contributed by atoms with Gasteiger partial charge in [0.2, 0.25) is 0 Å². The Morgan fingerprint density at radius 3 is 2.08 bits per heavy atom. The molecule has 0 aromatic heterocycles. The zero-order valence-electron chi connectivity index (χ0n) is 15.1. The number of hydrogen-bond donors (Lipinski definition) is 0. The lowest BCUT2D eigenvalue weighted by molar-refractivity contribution is -0.255. The van der Waals surface area contributed by atoms with Gasteiger partial charge in [-0.15, -0.1) is 0 Å². The second kappa shape index (κ2) is 6.68. The fourth-order valence-corrected chi connectivity index (χ4v) is 3.25. The fourth-order valence-electron chi connectivity index (χ4n) is 3.25. The van der Waals surface area contributed by atoms with E-state index in [2.05, 4.69) is 34.6 Å². The molecular weight excluding hydrogens is 300 g/mol. The molecule has 0 aliphatic carbocycles. The summed E-state index contributed by atoms with van der Waals surface area (Å²) in [6, 6.07) is 14.3. The molecule has 0 fully saturated rings. The summed E-state index contributed by atoms with van der Waals surface area (Å²) in [7, 11) is 0. The van der Waals surface area contributed by atoms with Crippen LogP contribution in [0.15, 0.2) is 48.5 Å². The largest absolute Gasteiger partial charge is 0.545 e. The first-order valence-corrected chi connectivity index (χ1v) is 8.17. The van der Waals surface area contributed by atoms with E-state index in [1.54, 1.807) is 18.2 Å². The number of benzene rings is 2. The molecular formula is C21H25O3-. The van der Waals surface area contributed by atoms with Crippen LogP contribution in [0.5, 0.6) is 11.5 Å². The molecule has 0 amide bonds. The Balaban J connectivity index is 2.20. The summed E-state index contributed by atoms with van der Waals surface area (Å²) < 4.78 is 5.72. The van der Waals surface area contributed by atoms with E-state index in [1.807, 2.05) is 24.3 Å². The predicted molar refractivity (Wildman–Crippen MR) is 94.4 cm³/mol. The van der Waals surface area contributed by atoms with E-state index in [1.165, 1.54) is 11.6 Å². The summed E-state index contributed by atoms with van der Waals surface area (Å²) in [5.41, 5.74) is 1.58. The minimum Gasteiger partial charge on any atom is -0.545 e. The summed E-state index contributed by atoms with van der Waals surface area (Å²) >= 11 is 0. The van der Waals surface area contributed by atoms with Crippen molar-refractivity contribution in [3.05, 3.63) is 59.7 Å². The zero-order valence-corrected chi connectivity index (χ0v) is 15.1. The van der Waals surface area contributed by atoms with Crippen LogP contribution in [0.2, 0.25) is 0 Å². The molecule has 0 bridgehead atoms. The monoisotopic (exact) mass is 325 g/mol. The van der Waals surface area contributed by atoms with Crippen molar-refractivity contribution in [2.45, 2.75) is 46.5 Å². The molecule has 0 saturated heterocycles. The van der Waals surface area contributed by atoms with Crippen molar-refractivity contribution < 1.29 is 14.6 Å². The molecule has 3 nitrogen and oxygen atoms in total. The number of ether oxygens (including phenoxy) is 1. The Bertz CT molecular complexity index is 707. The number of para-hydroxylation sites is 1. The molecule has 0 aliphatic heterocycles. The zero-order chi connectivity index (χ0) is 18.0. The van der Waals surface area contributed by atoms with E-state index in [4.69, 9.17) is 4.74 Å². The van der Waals surface area contributed by atoms with Crippen LogP contribution in [0.25, 0.3) is 0 Å². The average molecular weight is 325 g/mol. The Kier molecular flexibility index (Phi) is 5.02. The lowest BCUT2D eigenvalue weighted by Gasteiger charge is -2.33. The summed E-state index contributed by atoms with van der Waals surface area (Å²) in [4.78, 5) is 11.1. The smallest absolute Gasteiger partial charge is 0.136 e. The van der Waals surface area contributed by atoms with E-state index in [-0.39, 0.29) is 16.4 Å². The van der Waals surface area contributed by atoms with Crippen molar-refractivity contribution in [2.24, 2.45) is 5.41 Å². The van der Waals surface area contributed by atoms with Crippen molar-refractivity contribution in [2.75, 3.05) is 0 Å². The van der Waals surface area contributed by atoms with E-state index in [9.17, 15) is 9.90 Å². The molecule has 3 heteroatoms. The highest BCUT2D eigenvalue weighted by molar-refractivity contribution is 5.89. The SMILES string of the molecule is CC(C)(C)CC(C)(C)c1ccc(Oc2ccccc2C(=O)[O-])cc1. The van der Waals surface area contributed by atoms with Gasteiger partial charge in [-0.3, -0.25) is 0 Å². The highest BCUT2D eigenvalue weighted by Gasteiger charge is 2.27. The van der Waals surface area contributed by atoms with Crippen LogP contribution < -0.4 is 9.84 Å².